The summed E-state index contributed by atoms with van der Waals surface area (Å²) >= 11 is 0. The third-order valence-electron chi connectivity index (χ3n) is 6.76. The highest BCUT2D eigenvalue weighted by Gasteiger charge is 2.42. The van der Waals surface area contributed by atoms with Gasteiger partial charge in [0.1, 0.15) is 23.4 Å². The molecule has 2 aromatic rings. The number of amides is 3. The zero-order valence-corrected chi connectivity index (χ0v) is 26.3. The van der Waals surface area contributed by atoms with Gasteiger partial charge in [-0.3, -0.25) is 9.59 Å². The minimum absolute atomic E-state index is 0.0996. The van der Waals surface area contributed by atoms with Crippen LogP contribution in [0.2, 0.25) is 0 Å². The standard InChI is InChI=1S/C33H49N3O5/c1-10-11-12-19-34-29(38)28(25-16-13-22(2)23(3)20-25)36(32(4,5)6)30(39)27(35-31(40)41-33(7,8)9)21-24-14-17-26(37)18-15-24/h13-18,20,27-28,37H,10-12,19,21H2,1-9H3,(H,34,38)(H,35,40). The van der Waals surface area contributed by atoms with Crippen molar-refractivity contribution in [2.24, 2.45) is 0 Å². The van der Waals surface area contributed by atoms with Crippen LogP contribution in [-0.4, -0.2) is 51.6 Å². The summed E-state index contributed by atoms with van der Waals surface area (Å²) in [6.45, 7) is 17.5. The summed E-state index contributed by atoms with van der Waals surface area (Å²) in [6, 6.07) is 10.3. The number of aryl methyl sites for hydroxylation is 2. The molecule has 0 aliphatic rings. The topological polar surface area (TPSA) is 108 Å². The number of carbonyl (C=O) groups excluding carboxylic acids is 3. The molecule has 0 saturated carbocycles. The van der Waals surface area contributed by atoms with Gasteiger partial charge in [0.2, 0.25) is 11.8 Å². The molecule has 2 aromatic carbocycles. The molecular formula is C33H49N3O5. The smallest absolute Gasteiger partial charge is 0.408 e. The van der Waals surface area contributed by atoms with E-state index in [-0.39, 0.29) is 18.1 Å². The SMILES string of the molecule is CCCCCNC(=O)C(c1ccc(C)c(C)c1)N(C(=O)C(Cc1ccc(O)cc1)NC(=O)OC(C)(C)C)C(C)(C)C. The van der Waals surface area contributed by atoms with Crippen molar-refractivity contribution in [3.8, 4) is 5.75 Å². The van der Waals surface area contributed by atoms with Gasteiger partial charge in [0.15, 0.2) is 0 Å². The fourth-order valence-corrected chi connectivity index (χ4v) is 4.57. The average molecular weight is 568 g/mol. The molecule has 0 radical (unpaired) electrons. The van der Waals surface area contributed by atoms with Gasteiger partial charge in [-0.15, -0.1) is 0 Å². The van der Waals surface area contributed by atoms with Gasteiger partial charge >= 0.3 is 6.09 Å². The van der Waals surface area contributed by atoms with Crippen LogP contribution in [0.4, 0.5) is 4.79 Å². The Bertz CT molecular complexity index is 1180. The van der Waals surface area contributed by atoms with Crippen LogP contribution in [0.1, 0.15) is 96.0 Å². The third kappa shape index (κ3) is 10.4. The number of phenols is 1. The molecule has 0 aliphatic carbocycles. The number of alkyl carbamates (subject to hydrolysis) is 1. The summed E-state index contributed by atoms with van der Waals surface area (Å²) in [6.07, 6.45) is 2.27. The maximum absolute atomic E-state index is 14.5. The number of aromatic hydroxyl groups is 1. The summed E-state index contributed by atoms with van der Waals surface area (Å²) in [5.74, 6) is -0.584. The molecule has 41 heavy (non-hydrogen) atoms. The molecule has 0 bridgehead atoms. The number of nitrogens with zero attached hydrogens (tertiary/aromatic N) is 1. The largest absolute Gasteiger partial charge is 0.508 e. The number of nitrogens with one attached hydrogen (secondary N) is 2. The summed E-state index contributed by atoms with van der Waals surface area (Å²) < 4.78 is 5.50. The van der Waals surface area contributed by atoms with Crippen molar-refractivity contribution in [1.29, 1.82) is 0 Å². The van der Waals surface area contributed by atoms with Gasteiger partial charge in [-0.1, -0.05) is 50.1 Å². The second kappa shape index (κ2) is 14.4. The Balaban J connectivity index is 2.60. The Morgan fingerprint density at radius 1 is 0.927 bits per heavy atom. The first-order chi connectivity index (χ1) is 19.0. The molecule has 8 nitrogen and oxygen atoms in total. The van der Waals surface area contributed by atoms with Crippen LogP contribution in [0.25, 0.3) is 0 Å². The van der Waals surface area contributed by atoms with Crippen LogP contribution in [0.15, 0.2) is 42.5 Å². The Labute approximate surface area is 245 Å². The Kier molecular flexibility index (Phi) is 11.8. The van der Waals surface area contributed by atoms with E-state index in [4.69, 9.17) is 4.74 Å². The van der Waals surface area contributed by atoms with Crippen molar-refractivity contribution in [1.82, 2.24) is 15.5 Å². The van der Waals surface area contributed by atoms with Gasteiger partial charge in [-0.05, 0) is 96.2 Å². The lowest BCUT2D eigenvalue weighted by Crippen LogP contribution is -2.59. The highest BCUT2D eigenvalue weighted by molar-refractivity contribution is 5.93. The molecule has 0 aromatic heterocycles. The molecule has 0 saturated heterocycles. The van der Waals surface area contributed by atoms with E-state index in [2.05, 4.69) is 17.6 Å². The van der Waals surface area contributed by atoms with E-state index in [1.807, 2.05) is 52.8 Å². The zero-order valence-electron chi connectivity index (χ0n) is 26.3. The fourth-order valence-electron chi connectivity index (χ4n) is 4.57. The van der Waals surface area contributed by atoms with E-state index in [0.717, 1.165) is 36.0 Å². The van der Waals surface area contributed by atoms with E-state index < -0.39 is 35.2 Å². The number of rotatable bonds is 11. The fraction of sp³-hybridized carbons (Fsp3) is 0.545. The molecule has 0 fully saturated rings. The molecule has 226 valence electrons. The van der Waals surface area contributed by atoms with Gasteiger partial charge in [-0.25, -0.2) is 4.79 Å². The maximum Gasteiger partial charge on any atom is 0.408 e. The van der Waals surface area contributed by atoms with Gasteiger partial charge < -0.3 is 25.4 Å². The monoisotopic (exact) mass is 567 g/mol. The molecule has 2 rings (SSSR count). The molecule has 0 spiro atoms. The first kappa shape index (κ1) is 33.7. The molecular weight excluding hydrogens is 518 g/mol. The van der Waals surface area contributed by atoms with Gasteiger partial charge in [0, 0.05) is 18.5 Å². The lowest BCUT2D eigenvalue weighted by Gasteiger charge is -2.43. The lowest BCUT2D eigenvalue weighted by molar-refractivity contribution is -0.148. The van der Waals surface area contributed by atoms with Gasteiger partial charge in [0.05, 0.1) is 0 Å². The first-order valence-corrected chi connectivity index (χ1v) is 14.5. The summed E-state index contributed by atoms with van der Waals surface area (Å²) in [5, 5.41) is 15.6. The van der Waals surface area contributed by atoms with Crippen LogP contribution in [0.5, 0.6) is 5.75 Å². The highest BCUT2D eigenvalue weighted by atomic mass is 16.6. The minimum Gasteiger partial charge on any atom is -0.508 e. The van der Waals surface area contributed by atoms with Crippen LogP contribution in [0.3, 0.4) is 0 Å². The third-order valence-corrected chi connectivity index (χ3v) is 6.76. The number of carbonyl (C=O) groups is 3. The highest BCUT2D eigenvalue weighted by Crippen LogP contribution is 2.31. The molecule has 2 atom stereocenters. The maximum atomic E-state index is 14.5. The molecule has 8 heteroatoms. The molecule has 0 aliphatic heterocycles. The van der Waals surface area contributed by atoms with Gasteiger partial charge in [0.25, 0.3) is 0 Å². The van der Waals surface area contributed by atoms with Gasteiger partial charge in [-0.2, -0.15) is 0 Å². The van der Waals surface area contributed by atoms with E-state index >= 15 is 0 Å². The number of hydrogen-bond acceptors (Lipinski definition) is 5. The number of hydrogen-bond donors (Lipinski definition) is 3. The van der Waals surface area contributed by atoms with Crippen LogP contribution in [0, 0.1) is 13.8 Å². The number of ether oxygens (including phenoxy) is 1. The Hall–Kier alpha value is -3.55. The van der Waals surface area contributed by atoms with E-state index in [1.54, 1.807) is 37.8 Å². The lowest BCUT2D eigenvalue weighted by atomic mass is 9.92. The van der Waals surface area contributed by atoms with Crippen molar-refractivity contribution < 1.29 is 24.2 Å². The number of benzene rings is 2. The number of phenolic OH excluding ortho intramolecular Hbond substituents is 1. The normalized spacial score (nSPS) is 13.2. The molecule has 3 N–H and O–H groups in total. The van der Waals surface area contributed by atoms with Crippen molar-refractivity contribution in [3.63, 3.8) is 0 Å². The second-order valence-electron chi connectivity index (χ2n) is 12.7. The van der Waals surface area contributed by atoms with E-state index in [0.29, 0.717) is 12.1 Å². The van der Waals surface area contributed by atoms with Crippen LogP contribution >= 0.6 is 0 Å². The van der Waals surface area contributed by atoms with Crippen molar-refractivity contribution in [2.45, 2.75) is 111 Å². The van der Waals surface area contributed by atoms with Crippen molar-refractivity contribution >= 4 is 17.9 Å². The average Bonchev–Trinajstić information content (AvgIpc) is 2.85. The van der Waals surface area contributed by atoms with E-state index in [9.17, 15) is 19.5 Å². The minimum atomic E-state index is -1.03. The first-order valence-electron chi connectivity index (χ1n) is 14.5. The molecule has 3 amide bonds. The summed E-state index contributed by atoms with van der Waals surface area (Å²) in [4.78, 5) is 42.9. The Morgan fingerprint density at radius 3 is 2.10 bits per heavy atom. The predicted octanol–water partition coefficient (Wildman–Crippen LogP) is 6.12. The summed E-state index contributed by atoms with van der Waals surface area (Å²) in [5.41, 5.74) is 1.98. The Morgan fingerprint density at radius 2 is 1.56 bits per heavy atom. The van der Waals surface area contributed by atoms with Crippen LogP contribution < -0.4 is 10.6 Å². The quantitative estimate of drug-likeness (QED) is 0.284. The summed E-state index contributed by atoms with van der Waals surface area (Å²) in [7, 11) is 0. The second-order valence-corrected chi connectivity index (χ2v) is 12.7. The predicted molar refractivity (Wildman–Crippen MR) is 163 cm³/mol. The molecule has 2 unspecified atom stereocenters. The molecule has 0 heterocycles. The van der Waals surface area contributed by atoms with Crippen molar-refractivity contribution in [2.75, 3.05) is 6.54 Å². The van der Waals surface area contributed by atoms with E-state index in [1.165, 1.54) is 12.1 Å². The van der Waals surface area contributed by atoms with Crippen molar-refractivity contribution in [3.05, 3.63) is 64.7 Å². The zero-order chi connectivity index (χ0) is 31.0. The van der Waals surface area contributed by atoms with Crippen LogP contribution in [-0.2, 0) is 20.7 Å². The number of unbranched alkanes of at least 4 members (excludes halogenated alkanes) is 2.